The average molecular weight is 284 g/mol. The number of nitrogens with two attached hydrogens (primary N) is 1. The van der Waals surface area contributed by atoms with Crippen molar-refractivity contribution in [3.05, 3.63) is 23.8 Å². The van der Waals surface area contributed by atoms with Crippen molar-refractivity contribution < 1.29 is 13.2 Å². The fraction of sp³-hybridized carbons (Fsp3) is 0.538. The standard InChI is InChI=1S/C13H20N2O3S/c1-11-10-12(4-5-13(11)18-9-6-14)19(16,17)15-7-2-3-8-15/h4-5,10H,2-3,6-9,14H2,1H3. The van der Waals surface area contributed by atoms with E-state index in [9.17, 15) is 8.42 Å². The summed E-state index contributed by atoms with van der Waals surface area (Å²) in [5, 5.41) is 0. The van der Waals surface area contributed by atoms with Gasteiger partial charge in [-0.15, -0.1) is 0 Å². The molecule has 0 saturated carbocycles. The summed E-state index contributed by atoms with van der Waals surface area (Å²) in [6.45, 7) is 3.95. The van der Waals surface area contributed by atoms with Gasteiger partial charge < -0.3 is 10.5 Å². The number of benzene rings is 1. The molecule has 0 atom stereocenters. The first-order chi connectivity index (χ1) is 9.05. The van der Waals surface area contributed by atoms with Gasteiger partial charge in [-0.2, -0.15) is 4.31 Å². The molecule has 0 spiro atoms. The van der Waals surface area contributed by atoms with E-state index in [1.54, 1.807) is 22.5 Å². The molecule has 2 N–H and O–H groups in total. The summed E-state index contributed by atoms with van der Waals surface area (Å²) < 4.78 is 31.7. The number of nitrogens with zero attached hydrogens (tertiary/aromatic N) is 1. The molecule has 0 unspecified atom stereocenters. The van der Waals surface area contributed by atoms with Gasteiger partial charge in [0.25, 0.3) is 0 Å². The van der Waals surface area contributed by atoms with Crippen molar-refractivity contribution in [2.45, 2.75) is 24.7 Å². The zero-order valence-corrected chi connectivity index (χ0v) is 11.9. The number of hydrogen-bond donors (Lipinski definition) is 1. The average Bonchev–Trinajstić information content (AvgIpc) is 2.91. The quantitative estimate of drug-likeness (QED) is 0.879. The van der Waals surface area contributed by atoms with Crippen molar-refractivity contribution in [3.63, 3.8) is 0 Å². The van der Waals surface area contributed by atoms with Crippen molar-refractivity contribution in [2.24, 2.45) is 5.73 Å². The molecule has 19 heavy (non-hydrogen) atoms. The van der Waals surface area contributed by atoms with E-state index in [0.717, 1.165) is 18.4 Å². The second kappa shape index (κ2) is 5.90. The Morgan fingerprint density at radius 3 is 2.58 bits per heavy atom. The molecule has 1 aliphatic rings. The normalized spacial score (nSPS) is 16.7. The molecular formula is C13H20N2O3S. The largest absolute Gasteiger partial charge is 0.492 e. The van der Waals surface area contributed by atoms with Crippen molar-refractivity contribution in [1.29, 1.82) is 0 Å². The summed E-state index contributed by atoms with van der Waals surface area (Å²) in [7, 11) is -3.35. The Hall–Kier alpha value is -1.11. The highest BCUT2D eigenvalue weighted by Gasteiger charge is 2.27. The van der Waals surface area contributed by atoms with Crippen molar-refractivity contribution in [3.8, 4) is 5.75 Å². The molecule has 0 aliphatic carbocycles. The number of aryl methyl sites for hydroxylation is 1. The van der Waals surface area contributed by atoms with Crippen LogP contribution in [0.3, 0.4) is 0 Å². The van der Waals surface area contributed by atoms with Crippen molar-refractivity contribution in [1.82, 2.24) is 4.31 Å². The summed E-state index contributed by atoms with van der Waals surface area (Å²) in [4.78, 5) is 0.340. The fourth-order valence-electron chi connectivity index (χ4n) is 2.19. The van der Waals surface area contributed by atoms with Gasteiger partial charge >= 0.3 is 0 Å². The second-order valence-electron chi connectivity index (χ2n) is 4.68. The summed E-state index contributed by atoms with van der Waals surface area (Å²) in [5.41, 5.74) is 6.19. The predicted molar refractivity (Wildman–Crippen MR) is 73.7 cm³/mol. The minimum Gasteiger partial charge on any atom is -0.492 e. The van der Waals surface area contributed by atoms with E-state index in [1.807, 2.05) is 6.92 Å². The lowest BCUT2D eigenvalue weighted by Gasteiger charge is -2.16. The van der Waals surface area contributed by atoms with Gasteiger partial charge in [0.1, 0.15) is 12.4 Å². The van der Waals surface area contributed by atoms with Crippen LogP contribution in [0.25, 0.3) is 0 Å². The summed E-state index contributed by atoms with van der Waals surface area (Å²) in [6, 6.07) is 4.97. The first kappa shape index (κ1) is 14.3. The Morgan fingerprint density at radius 2 is 2.00 bits per heavy atom. The van der Waals surface area contributed by atoms with Crippen LogP contribution < -0.4 is 10.5 Å². The molecule has 5 nitrogen and oxygen atoms in total. The van der Waals surface area contributed by atoms with Crippen LogP contribution >= 0.6 is 0 Å². The lowest BCUT2D eigenvalue weighted by molar-refractivity contribution is 0.326. The summed E-state index contributed by atoms with van der Waals surface area (Å²) in [6.07, 6.45) is 1.88. The molecule has 1 aromatic rings. The highest BCUT2D eigenvalue weighted by atomic mass is 32.2. The zero-order valence-electron chi connectivity index (χ0n) is 11.1. The van der Waals surface area contributed by atoms with Crippen LogP contribution in [0.5, 0.6) is 5.75 Å². The van der Waals surface area contributed by atoms with Crippen LogP contribution in [0.1, 0.15) is 18.4 Å². The smallest absolute Gasteiger partial charge is 0.243 e. The van der Waals surface area contributed by atoms with Crippen molar-refractivity contribution >= 4 is 10.0 Å². The third kappa shape index (κ3) is 3.08. The van der Waals surface area contributed by atoms with Gasteiger partial charge in [0.05, 0.1) is 4.90 Å². The van der Waals surface area contributed by atoms with Gasteiger partial charge in [0.2, 0.25) is 10.0 Å². The molecule has 1 saturated heterocycles. The third-order valence-electron chi connectivity index (χ3n) is 3.22. The minimum atomic E-state index is -3.35. The van der Waals surface area contributed by atoms with Gasteiger partial charge in [-0.3, -0.25) is 0 Å². The van der Waals surface area contributed by atoms with E-state index >= 15 is 0 Å². The Bertz CT molecular complexity index is 537. The van der Waals surface area contributed by atoms with E-state index in [0.29, 0.717) is 36.9 Å². The molecule has 106 valence electrons. The van der Waals surface area contributed by atoms with E-state index in [2.05, 4.69) is 0 Å². The van der Waals surface area contributed by atoms with E-state index in [1.165, 1.54) is 0 Å². The van der Waals surface area contributed by atoms with Crippen LogP contribution in [-0.4, -0.2) is 39.0 Å². The highest BCUT2D eigenvalue weighted by molar-refractivity contribution is 7.89. The molecule has 0 bridgehead atoms. The molecule has 1 heterocycles. The zero-order chi connectivity index (χ0) is 13.9. The van der Waals surface area contributed by atoms with Crippen LogP contribution in [0.2, 0.25) is 0 Å². The predicted octanol–water partition coefficient (Wildman–Crippen LogP) is 1.12. The van der Waals surface area contributed by atoms with Gasteiger partial charge in [-0.05, 0) is 43.5 Å². The molecular weight excluding hydrogens is 264 g/mol. The van der Waals surface area contributed by atoms with Gasteiger partial charge in [0.15, 0.2) is 0 Å². The van der Waals surface area contributed by atoms with E-state index < -0.39 is 10.0 Å². The second-order valence-corrected chi connectivity index (χ2v) is 6.61. The lowest BCUT2D eigenvalue weighted by atomic mass is 10.2. The SMILES string of the molecule is Cc1cc(S(=O)(=O)N2CCCC2)ccc1OCCN. The molecule has 0 radical (unpaired) electrons. The summed E-state index contributed by atoms with van der Waals surface area (Å²) >= 11 is 0. The van der Waals surface area contributed by atoms with Gasteiger partial charge in [0, 0.05) is 19.6 Å². The van der Waals surface area contributed by atoms with Crippen LogP contribution in [0, 0.1) is 6.92 Å². The van der Waals surface area contributed by atoms with Crippen LogP contribution in [-0.2, 0) is 10.0 Å². The number of hydrogen-bond acceptors (Lipinski definition) is 4. The molecule has 0 amide bonds. The Morgan fingerprint density at radius 1 is 1.32 bits per heavy atom. The third-order valence-corrected chi connectivity index (χ3v) is 5.12. The molecule has 6 heteroatoms. The van der Waals surface area contributed by atoms with Crippen LogP contribution in [0.4, 0.5) is 0 Å². The number of rotatable bonds is 5. The number of sulfonamides is 1. The molecule has 1 aromatic carbocycles. The first-order valence-electron chi connectivity index (χ1n) is 6.49. The maximum absolute atomic E-state index is 12.4. The molecule has 1 fully saturated rings. The Kier molecular flexibility index (Phi) is 4.44. The molecule has 0 aromatic heterocycles. The monoisotopic (exact) mass is 284 g/mol. The van der Waals surface area contributed by atoms with E-state index in [-0.39, 0.29) is 0 Å². The first-order valence-corrected chi connectivity index (χ1v) is 7.93. The minimum absolute atomic E-state index is 0.340. The Balaban J connectivity index is 2.23. The maximum atomic E-state index is 12.4. The number of ether oxygens (including phenoxy) is 1. The molecule has 1 aliphatic heterocycles. The highest BCUT2D eigenvalue weighted by Crippen LogP contribution is 2.25. The van der Waals surface area contributed by atoms with E-state index in [4.69, 9.17) is 10.5 Å². The van der Waals surface area contributed by atoms with Gasteiger partial charge in [-0.25, -0.2) is 8.42 Å². The van der Waals surface area contributed by atoms with Crippen molar-refractivity contribution in [2.75, 3.05) is 26.2 Å². The fourth-order valence-corrected chi connectivity index (χ4v) is 3.79. The topological polar surface area (TPSA) is 72.6 Å². The van der Waals surface area contributed by atoms with Gasteiger partial charge in [-0.1, -0.05) is 0 Å². The molecule has 2 rings (SSSR count). The lowest BCUT2D eigenvalue weighted by Crippen LogP contribution is -2.27. The Labute approximate surface area is 114 Å². The maximum Gasteiger partial charge on any atom is 0.243 e. The summed E-state index contributed by atoms with van der Waals surface area (Å²) in [5.74, 6) is 0.686. The van der Waals surface area contributed by atoms with Crippen LogP contribution in [0.15, 0.2) is 23.1 Å².